The average molecular weight is 222 g/mol. The quantitative estimate of drug-likeness (QED) is 0.456. The first-order chi connectivity index (χ1) is 8.42. The molecule has 0 aromatic carbocycles. The lowest BCUT2D eigenvalue weighted by atomic mass is 10.2. The lowest BCUT2D eigenvalue weighted by Crippen LogP contribution is -1.84. The molecule has 0 saturated carbocycles. The Hall–Kier alpha value is -2.56. The second-order valence-corrected chi connectivity index (χ2v) is 3.73. The van der Waals surface area contributed by atoms with Crippen molar-refractivity contribution in [3.05, 3.63) is 36.9 Å². The summed E-state index contributed by atoms with van der Waals surface area (Å²) >= 11 is 0. The van der Waals surface area contributed by atoms with Crippen LogP contribution in [0.3, 0.4) is 0 Å². The molecule has 0 radical (unpaired) electrons. The van der Waals surface area contributed by atoms with E-state index in [9.17, 15) is 0 Å². The number of aromatic nitrogens is 4. The smallest absolute Gasteiger partial charge is 0.231 e. The largest absolute Gasteiger partial charge is 0.436 e. The number of hydrogen-bond acceptors (Lipinski definition) is 5. The first-order valence-corrected chi connectivity index (χ1v) is 5.16. The molecule has 0 amide bonds. The Kier molecular flexibility index (Phi) is 1.50. The van der Waals surface area contributed by atoms with Crippen molar-refractivity contribution in [2.24, 2.45) is 0 Å². The second kappa shape index (κ2) is 2.98. The van der Waals surface area contributed by atoms with Crippen molar-refractivity contribution < 1.29 is 4.42 Å². The van der Waals surface area contributed by atoms with E-state index in [1.165, 1.54) is 6.33 Å². The molecule has 80 valence electrons. The fourth-order valence-electron chi connectivity index (χ4n) is 1.93. The zero-order valence-electron chi connectivity index (χ0n) is 8.66. The van der Waals surface area contributed by atoms with Crippen molar-refractivity contribution in [3.63, 3.8) is 0 Å². The Balaban J connectivity index is 2.28. The molecule has 0 unspecified atom stereocenters. The molecule has 17 heavy (non-hydrogen) atoms. The average Bonchev–Trinajstić information content (AvgIpc) is 2.73. The maximum absolute atomic E-state index is 5.63. The normalized spacial score (nSPS) is 11.5. The summed E-state index contributed by atoms with van der Waals surface area (Å²) < 4.78 is 5.63. The summed E-state index contributed by atoms with van der Waals surface area (Å²) in [5.74, 6) is 0. The molecule has 4 aromatic rings. The van der Waals surface area contributed by atoms with Crippen molar-refractivity contribution in [2.45, 2.75) is 0 Å². The molecule has 0 N–H and O–H groups in total. The third-order valence-electron chi connectivity index (χ3n) is 2.69. The highest BCUT2D eigenvalue weighted by Crippen LogP contribution is 2.27. The Bertz CT molecular complexity index is 847. The van der Waals surface area contributed by atoms with Gasteiger partial charge in [-0.3, -0.25) is 4.98 Å². The molecule has 0 aliphatic rings. The van der Waals surface area contributed by atoms with Gasteiger partial charge >= 0.3 is 0 Å². The van der Waals surface area contributed by atoms with Gasteiger partial charge in [0, 0.05) is 17.8 Å². The van der Waals surface area contributed by atoms with E-state index in [4.69, 9.17) is 4.42 Å². The summed E-state index contributed by atoms with van der Waals surface area (Å²) in [5.41, 5.74) is 2.75. The maximum Gasteiger partial charge on any atom is 0.231 e. The van der Waals surface area contributed by atoms with Crippen LogP contribution in [0.4, 0.5) is 0 Å². The highest BCUT2D eigenvalue weighted by atomic mass is 16.3. The minimum Gasteiger partial charge on any atom is -0.436 e. The van der Waals surface area contributed by atoms with Crippen LogP contribution in [0.1, 0.15) is 0 Å². The van der Waals surface area contributed by atoms with E-state index in [-0.39, 0.29) is 0 Å². The SMILES string of the molecule is c1cnc2c(c1)oc1nc3ncncc3cc12. The highest BCUT2D eigenvalue weighted by Gasteiger charge is 2.10. The molecule has 0 aliphatic carbocycles. The van der Waals surface area contributed by atoms with E-state index >= 15 is 0 Å². The molecular formula is C12H6N4O. The van der Waals surface area contributed by atoms with Crippen molar-refractivity contribution in [3.8, 4) is 0 Å². The molecule has 5 heteroatoms. The molecule has 4 aromatic heterocycles. The summed E-state index contributed by atoms with van der Waals surface area (Å²) in [4.78, 5) is 16.7. The number of nitrogens with zero attached hydrogens (tertiary/aromatic N) is 4. The summed E-state index contributed by atoms with van der Waals surface area (Å²) in [5, 5.41) is 1.77. The van der Waals surface area contributed by atoms with Gasteiger partial charge in [-0.05, 0) is 18.2 Å². The molecule has 0 spiro atoms. The van der Waals surface area contributed by atoms with Crippen LogP contribution in [-0.2, 0) is 0 Å². The third kappa shape index (κ3) is 1.13. The van der Waals surface area contributed by atoms with Crippen LogP contribution in [-0.4, -0.2) is 19.9 Å². The Morgan fingerprint density at radius 2 is 2.18 bits per heavy atom. The maximum atomic E-state index is 5.63. The van der Waals surface area contributed by atoms with E-state index in [2.05, 4.69) is 19.9 Å². The minimum atomic E-state index is 0.560. The van der Waals surface area contributed by atoms with Crippen LogP contribution >= 0.6 is 0 Å². The molecule has 4 rings (SSSR count). The van der Waals surface area contributed by atoms with E-state index < -0.39 is 0 Å². The van der Waals surface area contributed by atoms with Crippen molar-refractivity contribution in [1.82, 2.24) is 19.9 Å². The van der Waals surface area contributed by atoms with Crippen LogP contribution in [0.2, 0.25) is 0 Å². The van der Waals surface area contributed by atoms with Gasteiger partial charge in [0.2, 0.25) is 5.71 Å². The van der Waals surface area contributed by atoms with E-state index in [0.29, 0.717) is 11.4 Å². The minimum absolute atomic E-state index is 0.560. The third-order valence-corrected chi connectivity index (χ3v) is 2.69. The molecular weight excluding hydrogens is 216 g/mol. The second-order valence-electron chi connectivity index (χ2n) is 3.73. The Labute approximate surface area is 95.1 Å². The number of fused-ring (bicyclic) bond motifs is 4. The number of furan rings is 1. The first-order valence-electron chi connectivity index (χ1n) is 5.16. The van der Waals surface area contributed by atoms with Gasteiger partial charge in [0.15, 0.2) is 11.2 Å². The summed E-state index contributed by atoms with van der Waals surface area (Å²) in [6, 6.07) is 5.67. The topological polar surface area (TPSA) is 64.7 Å². The number of hydrogen-bond donors (Lipinski definition) is 0. The Morgan fingerprint density at radius 3 is 3.18 bits per heavy atom. The van der Waals surface area contributed by atoms with Gasteiger partial charge in [-0.1, -0.05) is 0 Å². The standard InChI is InChI=1S/C12H6N4O/c1-2-9-10(14-3-1)8-4-7-5-13-6-15-11(7)16-12(8)17-9/h1-6H. The van der Waals surface area contributed by atoms with E-state index in [1.54, 1.807) is 12.4 Å². The Morgan fingerprint density at radius 1 is 1.18 bits per heavy atom. The van der Waals surface area contributed by atoms with Gasteiger partial charge in [0.05, 0.1) is 5.39 Å². The predicted octanol–water partition coefficient (Wildman–Crippen LogP) is 2.32. The van der Waals surface area contributed by atoms with E-state index in [1.807, 2.05) is 18.2 Å². The molecule has 0 atom stereocenters. The number of rotatable bonds is 0. The van der Waals surface area contributed by atoms with Gasteiger partial charge < -0.3 is 4.42 Å². The van der Waals surface area contributed by atoms with Crippen LogP contribution in [0, 0.1) is 0 Å². The van der Waals surface area contributed by atoms with Gasteiger partial charge in [-0.2, -0.15) is 4.98 Å². The molecule has 4 heterocycles. The number of pyridine rings is 2. The van der Waals surface area contributed by atoms with Crippen LogP contribution in [0.15, 0.2) is 41.3 Å². The first kappa shape index (κ1) is 8.58. The molecule has 0 bridgehead atoms. The monoisotopic (exact) mass is 222 g/mol. The highest BCUT2D eigenvalue weighted by molar-refractivity contribution is 6.04. The fraction of sp³-hybridized carbons (Fsp3) is 0. The van der Waals surface area contributed by atoms with Crippen LogP contribution < -0.4 is 0 Å². The molecule has 0 saturated heterocycles. The van der Waals surface area contributed by atoms with Crippen LogP contribution in [0.25, 0.3) is 33.2 Å². The zero-order chi connectivity index (χ0) is 11.2. The molecule has 0 aliphatic heterocycles. The molecule has 5 nitrogen and oxygen atoms in total. The van der Waals surface area contributed by atoms with Gasteiger partial charge in [0.25, 0.3) is 0 Å². The lowest BCUT2D eigenvalue weighted by Gasteiger charge is -1.93. The van der Waals surface area contributed by atoms with Crippen molar-refractivity contribution in [2.75, 3.05) is 0 Å². The summed E-state index contributed by atoms with van der Waals surface area (Å²) in [6.45, 7) is 0. The summed E-state index contributed by atoms with van der Waals surface area (Å²) in [7, 11) is 0. The zero-order valence-corrected chi connectivity index (χ0v) is 8.66. The van der Waals surface area contributed by atoms with Crippen molar-refractivity contribution in [1.29, 1.82) is 0 Å². The predicted molar refractivity (Wildman–Crippen MR) is 62.4 cm³/mol. The van der Waals surface area contributed by atoms with Gasteiger partial charge in [-0.25, -0.2) is 9.97 Å². The van der Waals surface area contributed by atoms with Crippen molar-refractivity contribution >= 4 is 33.2 Å². The van der Waals surface area contributed by atoms with E-state index in [0.717, 1.165) is 21.9 Å². The summed E-state index contributed by atoms with van der Waals surface area (Å²) in [6.07, 6.45) is 4.95. The van der Waals surface area contributed by atoms with Crippen LogP contribution in [0.5, 0.6) is 0 Å². The van der Waals surface area contributed by atoms with Gasteiger partial charge in [-0.15, -0.1) is 0 Å². The van der Waals surface area contributed by atoms with Gasteiger partial charge in [0.1, 0.15) is 11.8 Å². The lowest BCUT2D eigenvalue weighted by molar-refractivity contribution is 0.655. The fourth-order valence-corrected chi connectivity index (χ4v) is 1.93. The molecule has 0 fully saturated rings.